The lowest BCUT2D eigenvalue weighted by Gasteiger charge is -2.38. The summed E-state index contributed by atoms with van der Waals surface area (Å²) in [6, 6.07) is 14.7. The molecule has 0 radical (unpaired) electrons. The predicted octanol–water partition coefficient (Wildman–Crippen LogP) is 3.69. The van der Waals surface area contributed by atoms with Gasteiger partial charge >= 0.3 is 0 Å². The Balaban J connectivity index is 1.13. The van der Waals surface area contributed by atoms with Gasteiger partial charge < -0.3 is 19.9 Å². The largest absolute Gasteiger partial charge is 0.482 e. The zero-order valence-electron chi connectivity index (χ0n) is 24.0. The van der Waals surface area contributed by atoms with Crippen molar-refractivity contribution in [3.8, 4) is 11.4 Å². The fourth-order valence-corrected chi connectivity index (χ4v) is 6.85. The molecule has 11 heteroatoms. The summed E-state index contributed by atoms with van der Waals surface area (Å²) < 4.78 is 9.21. The predicted molar refractivity (Wildman–Crippen MR) is 166 cm³/mol. The monoisotopic (exact) mass is 578 g/mol. The molecule has 2 aromatic carbocycles. The van der Waals surface area contributed by atoms with Crippen LogP contribution in [-0.2, 0) is 11.3 Å². The Morgan fingerprint density at radius 1 is 0.930 bits per heavy atom. The SMILES string of the molecule is O=C1COc2ccc3cc2N1CCCC=CCn1c(=O)c2cnc(Nc4ccc(N5CCN6CCCC6C5)cc4)nc2n1-3. The molecule has 2 aromatic heterocycles. The Morgan fingerprint density at radius 3 is 2.72 bits per heavy atom. The van der Waals surface area contributed by atoms with Crippen molar-refractivity contribution in [3.63, 3.8) is 0 Å². The van der Waals surface area contributed by atoms with Gasteiger partial charge in [0.25, 0.3) is 11.5 Å². The summed E-state index contributed by atoms with van der Waals surface area (Å²) in [7, 11) is 0. The van der Waals surface area contributed by atoms with E-state index >= 15 is 0 Å². The summed E-state index contributed by atoms with van der Waals surface area (Å²) in [5, 5.41) is 3.76. The van der Waals surface area contributed by atoms with E-state index in [9.17, 15) is 9.59 Å². The normalized spacial score (nSPS) is 20.3. The maximum absolute atomic E-state index is 13.6. The first-order chi connectivity index (χ1) is 21.1. The topological polar surface area (TPSA) is 101 Å². The van der Waals surface area contributed by atoms with Gasteiger partial charge in [-0.15, -0.1) is 0 Å². The van der Waals surface area contributed by atoms with Gasteiger partial charge in [-0.3, -0.25) is 14.5 Å². The van der Waals surface area contributed by atoms with E-state index in [-0.39, 0.29) is 18.1 Å². The minimum Gasteiger partial charge on any atom is -0.482 e. The van der Waals surface area contributed by atoms with Crippen LogP contribution in [0.5, 0.6) is 5.75 Å². The molecule has 0 spiro atoms. The Bertz CT molecular complexity index is 1790. The lowest BCUT2D eigenvalue weighted by molar-refractivity contribution is -0.121. The van der Waals surface area contributed by atoms with E-state index in [1.54, 1.807) is 15.8 Å². The fraction of sp³-hybridized carbons (Fsp3) is 0.375. The molecule has 220 valence electrons. The Kier molecular flexibility index (Phi) is 6.40. The van der Waals surface area contributed by atoms with E-state index < -0.39 is 0 Å². The standard InChI is InChI=1S/C32H34N8O3/c41-29-21-43-28-12-11-24-18-27(28)38(29)14-3-1-2-4-15-39-31(42)26-19-33-32(35-30(26)40(24)39)34-22-7-9-23(10-8-22)37-17-16-36-13-5-6-25(36)20-37/h2,4,7-12,18-19,25H,1,3,5-6,13-17,20-21H2,(H,33,34,35). The average molecular weight is 579 g/mol. The summed E-state index contributed by atoms with van der Waals surface area (Å²) >= 11 is 0. The van der Waals surface area contributed by atoms with Crippen LogP contribution in [0.25, 0.3) is 16.7 Å². The highest BCUT2D eigenvalue weighted by atomic mass is 16.5. The lowest BCUT2D eigenvalue weighted by atomic mass is 10.1. The number of nitrogens with one attached hydrogen (secondary N) is 1. The van der Waals surface area contributed by atoms with E-state index in [1.165, 1.54) is 25.1 Å². The summed E-state index contributed by atoms with van der Waals surface area (Å²) in [6.07, 6.45) is 9.87. The molecular weight excluding hydrogens is 544 g/mol. The first-order valence-corrected chi connectivity index (χ1v) is 15.2. The van der Waals surface area contributed by atoms with Crippen LogP contribution in [0.1, 0.15) is 25.7 Å². The number of piperazine rings is 1. The maximum Gasteiger partial charge on any atom is 0.278 e. The minimum atomic E-state index is -0.170. The molecule has 11 nitrogen and oxygen atoms in total. The Hall–Kier alpha value is -4.64. The summed E-state index contributed by atoms with van der Waals surface area (Å²) in [5.74, 6) is 0.994. The molecule has 0 saturated carbocycles. The molecule has 1 unspecified atom stereocenters. The number of benzene rings is 2. The van der Waals surface area contributed by atoms with Gasteiger partial charge in [0.2, 0.25) is 5.95 Å². The maximum atomic E-state index is 13.6. The number of amides is 1. The number of ether oxygens (including phenoxy) is 1. The first-order valence-electron chi connectivity index (χ1n) is 15.2. The van der Waals surface area contributed by atoms with E-state index in [1.807, 2.05) is 29.0 Å². The van der Waals surface area contributed by atoms with Crippen LogP contribution in [0.2, 0.25) is 0 Å². The number of carbonyl (C=O) groups excluding carboxylic acids is 1. The molecule has 4 aliphatic rings. The number of carbonyl (C=O) groups is 1. The third-order valence-electron chi connectivity index (χ3n) is 9.08. The molecule has 43 heavy (non-hydrogen) atoms. The van der Waals surface area contributed by atoms with E-state index in [0.717, 1.165) is 43.9 Å². The first kappa shape index (κ1) is 26.0. The van der Waals surface area contributed by atoms with Crippen LogP contribution in [0.15, 0.2) is 65.6 Å². The van der Waals surface area contributed by atoms with Crippen LogP contribution < -0.4 is 25.4 Å². The van der Waals surface area contributed by atoms with Crippen molar-refractivity contribution in [3.05, 3.63) is 71.2 Å². The van der Waals surface area contributed by atoms with Crippen LogP contribution in [0, 0.1) is 0 Å². The smallest absolute Gasteiger partial charge is 0.278 e. The Labute approximate surface area is 249 Å². The van der Waals surface area contributed by atoms with Crippen molar-refractivity contribution >= 4 is 40.0 Å². The number of fused-ring (bicyclic) bond motifs is 6. The number of anilines is 4. The zero-order valence-corrected chi connectivity index (χ0v) is 24.0. The lowest BCUT2D eigenvalue weighted by Crippen LogP contribution is -2.50. The number of hydrogen-bond acceptors (Lipinski definition) is 8. The third kappa shape index (κ3) is 4.64. The number of allylic oxidation sites excluding steroid dienone is 2. The van der Waals surface area contributed by atoms with Gasteiger partial charge in [0, 0.05) is 49.8 Å². The van der Waals surface area contributed by atoms with Crippen molar-refractivity contribution in [1.29, 1.82) is 0 Å². The number of hydrogen-bond donors (Lipinski definition) is 1. The van der Waals surface area contributed by atoms with Gasteiger partial charge in [0.1, 0.15) is 11.1 Å². The number of aromatic nitrogens is 4. The molecule has 1 amide bonds. The second kappa shape index (κ2) is 10.6. The summed E-state index contributed by atoms with van der Waals surface area (Å²) in [6.45, 7) is 5.52. The van der Waals surface area contributed by atoms with Crippen LogP contribution in [-0.4, -0.2) is 75.5 Å². The highest BCUT2D eigenvalue weighted by Crippen LogP contribution is 2.35. The number of nitrogens with zero attached hydrogens (tertiary/aromatic N) is 7. The zero-order chi connectivity index (χ0) is 28.9. The third-order valence-corrected chi connectivity index (χ3v) is 9.08. The average Bonchev–Trinajstić information content (AvgIpc) is 3.61. The molecule has 1 N–H and O–H groups in total. The Morgan fingerprint density at radius 2 is 1.81 bits per heavy atom. The molecule has 6 heterocycles. The van der Waals surface area contributed by atoms with Crippen molar-refractivity contribution < 1.29 is 9.53 Å². The van der Waals surface area contributed by atoms with Gasteiger partial charge in [0.05, 0.1) is 17.9 Å². The van der Waals surface area contributed by atoms with Crippen molar-refractivity contribution in [2.75, 3.05) is 54.4 Å². The van der Waals surface area contributed by atoms with E-state index in [0.29, 0.717) is 47.5 Å². The molecule has 8 rings (SSSR count). The molecule has 1 atom stereocenters. The molecule has 4 aromatic rings. The van der Waals surface area contributed by atoms with E-state index in [4.69, 9.17) is 9.72 Å². The van der Waals surface area contributed by atoms with Crippen LogP contribution in [0.3, 0.4) is 0 Å². The molecule has 2 bridgehead atoms. The van der Waals surface area contributed by atoms with Crippen molar-refractivity contribution in [2.45, 2.75) is 38.3 Å². The second-order valence-electron chi connectivity index (χ2n) is 11.7. The van der Waals surface area contributed by atoms with Gasteiger partial charge in [0.15, 0.2) is 12.3 Å². The second-order valence-corrected chi connectivity index (χ2v) is 11.7. The van der Waals surface area contributed by atoms with Gasteiger partial charge in [-0.2, -0.15) is 4.98 Å². The highest BCUT2D eigenvalue weighted by Gasteiger charge is 2.31. The van der Waals surface area contributed by atoms with Crippen LogP contribution >= 0.6 is 0 Å². The quantitative estimate of drug-likeness (QED) is 0.368. The molecule has 2 saturated heterocycles. The van der Waals surface area contributed by atoms with Gasteiger partial charge in [-0.1, -0.05) is 12.2 Å². The van der Waals surface area contributed by atoms with Crippen molar-refractivity contribution in [1.82, 2.24) is 24.2 Å². The summed E-state index contributed by atoms with van der Waals surface area (Å²) in [5.41, 5.74) is 3.86. The van der Waals surface area contributed by atoms with Gasteiger partial charge in [-0.05, 0) is 74.7 Å². The minimum absolute atomic E-state index is 0.0275. The molecule has 2 fully saturated rings. The highest BCUT2D eigenvalue weighted by molar-refractivity contribution is 5.98. The molecule has 0 aliphatic carbocycles. The fourth-order valence-electron chi connectivity index (χ4n) is 6.85. The van der Waals surface area contributed by atoms with Gasteiger partial charge in [-0.25, -0.2) is 14.3 Å². The summed E-state index contributed by atoms with van der Waals surface area (Å²) in [4.78, 5) is 42.5. The van der Waals surface area contributed by atoms with Crippen LogP contribution in [0.4, 0.5) is 23.0 Å². The number of rotatable bonds is 3. The molecule has 4 aliphatic heterocycles. The van der Waals surface area contributed by atoms with E-state index in [2.05, 4.69) is 50.4 Å². The van der Waals surface area contributed by atoms with Crippen molar-refractivity contribution in [2.24, 2.45) is 0 Å². The molecular formula is C32H34N8O3.